The SMILES string of the molecule is COC(C)(C)Cc1ccc(C(N)CC(=O)O)cc1. The third-order valence-electron chi connectivity index (χ3n) is 2.98. The Balaban J connectivity index is 2.71. The highest BCUT2D eigenvalue weighted by molar-refractivity contribution is 5.67. The second-order valence-corrected chi connectivity index (χ2v) is 5.09. The molecule has 18 heavy (non-hydrogen) atoms. The minimum atomic E-state index is -0.882. The van der Waals surface area contributed by atoms with Crippen molar-refractivity contribution in [2.75, 3.05) is 7.11 Å². The predicted molar refractivity (Wildman–Crippen MR) is 70.4 cm³/mol. The normalized spacial score (nSPS) is 13.3. The molecule has 0 spiro atoms. The number of methoxy groups -OCH3 is 1. The predicted octanol–water partition coefficient (Wildman–Crippen LogP) is 2.13. The molecule has 4 heteroatoms. The maximum absolute atomic E-state index is 10.6. The summed E-state index contributed by atoms with van der Waals surface area (Å²) < 4.78 is 5.37. The van der Waals surface area contributed by atoms with Gasteiger partial charge in [-0.25, -0.2) is 0 Å². The molecular formula is C14H21NO3. The first-order valence-corrected chi connectivity index (χ1v) is 5.95. The standard InChI is InChI=1S/C14H21NO3/c1-14(2,18-3)9-10-4-6-11(7-5-10)12(15)8-13(16)17/h4-7,12H,8-9,15H2,1-3H3,(H,16,17). The van der Waals surface area contributed by atoms with Crippen LogP contribution in [-0.4, -0.2) is 23.8 Å². The molecule has 0 heterocycles. The Morgan fingerprint density at radius 3 is 2.39 bits per heavy atom. The molecule has 0 radical (unpaired) electrons. The molecule has 0 aliphatic carbocycles. The van der Waals surface area contributed by atoms with Crippen molar-refractivity contribution < 1.29 is 14.6 Å². The van der Waals surface area contributed by atoms with E-state index in [4.69, 9.17) is 15.6 Å². The number of carboxylic acids is 1. The van der Waals surface area contributed by atoms with E-state index in [0.29, 0.717) is 0 Å². The van der Waals surface area contributed by atoms with Crippen LogP contribution in [0.3, 0.4) is 0 Å². The molecular weight excluding hydrogens is 230 g/mol. The van der Waals surface area contributed by atoms with Gasteiger partial charge in [0.25, 0.3) is 0 Å². The third-order valence-corrected chi connectivity index (χ3v) is 2.98. The maximum Gasteiger partial charge on any atom is 0.305 e. The highest BCUT2D eigenvalue weighted by Gasteiger charge is 2.17. The lowest BCUT2D eigenvalue weighted by Gasteiger charge is -2.23. The van der Waals surface area contributed by atoms with E-state index in [1.165, 1.54) is 0 Å². The van der Waals surface area contributed by atoms with Crippen LogP contribution in [0.4, 0.5) is 0 Å². The van der Waals surface area contributed by atoms with Gasteiger partial charge in [0.1, 0.15) is 0 Å². The molecule has 1 aromatic carbocycles. The number of aliphatic carboxylic acids is 1. The van der Waals surface area contributed by atoms with E-state index >= 15 is 0 Å². The number of hydrogen-bond acceptors (Lipinski definition) is 3. The number of nitrogens with two attached hydrogens (primary N) is 1. The van der Waals surface area contributed by atoms with Crippen LogP contribution in [0, 0.1) is 0 Å². The van der Waals surface area contributed by atoms with Crippen LogP contribution in [-0.2, 0) is 16.0 Å². The minimum absolute atomic E-state index is 0.0527. The first-order chi connectivity index (χ1) is 8.34. The van der Waals surface area contributed by atoms with Crippen molar-refractivity contribution in [2.24, 2.45) is 5.73 Å². The van der Waals surface area contributed by atoms with E-state index in [2.05, 4.69) is 0 Å². The molecule has 1 atom stereocenters. The van der Waals surface area contributed by atoms with Crippen molar-refractivity contribution >= 4 is 5.97 Å². The van der Waals surface area contributed by atoms with E-state index in [9.17, 15) is 4.79 Å². The lowest BCUT2D eigenvalue weighted by atomic mass is 9.96. The summed E-state index contributed by atoms with van der Waals surface area (Å²) >= 11 is 0. The van der Waals surface area contributed by atoms with E-state index in [1.807, 2.05) is 38.1 Å². The van der Waals surface area contributed by atoms with E-state index in [-0.39, 0.29) is 12.0 Å². The fraction of sp³-hybridized carbons (Fsp3) is 0.500. The van der Waals surface area contributed by atoms with Gasteiger partial charge in [0.2, 0.25) is 0 Å². The van der Waals surface area contributed by atoms with Gasteiger partial charge >= 0.3 is 5.97 Å². The smallest absolute Gasteiger partial charge is 0.305 e. The summed E-state index contributed by atoms with van der Waals surface area (Å²) in [4.78, 5) is 10.6. The second-order valence-electron chi connectivity index (χ2n) is 5.09. The third kappa shape index (κ3) is 4.47. The van der Waals surface area contributed by atoms with Gasteiger partial charge in [-0.3, -0.25) is 4.79 Å². The summed E-state index contributed by atoms with van der Waals surface area (Å²) in [6, 6.07) is 7.26. The van der Waals surface area contributed by atoms with Gasteiger partial charge in [-0.2, -0.15) is 0 Å². The molecule has 3 N–H and O–H groups in total. The molecule has 4 nitrogen and oxygen atoms in total. The van der Waals surface area contributed by atoms with Crippen molar-refractivity contribution in [1.29, 1.82) is 0 Å². The summed E-state index contributed by atoms with van der Waals surface area (Å²) in [5.41, 5.74) is 7.58. The molecule has 0 saturated heterocycles. The summed E-state index contributed by atoms with van der Waals surface area (Å²) in [6.45, 7) is 4.05. The van der Waals surface area contributed by atoms with Crippen LogP contribution in [0.1, 0.15) is 37.4 Å². The lowest BCUT2D eigenvalue weighted by molar-refractivity contribution is -0.137. The van der Waals surface area contributed by atoms with Crippen molar-refractivity contribution in [1.82, 2.24) is 0 Å². The van der Waals surface area contributed by atoms with Crippen LogP contribution in [0.25, 0.3) is 0 Å². The Morgan fingerprint density at radius 1 is 1.39 bits per heavy atom. The van der Waals surface area contributed by atoms with E-state index < -0.39 is 12.0 Å². The Kier molecular flexibility index (Phi) is 4.87. The molecule has 0 saturated carbocycles. The monoisotopic (exact) mass is 251 g/mol. The first kappa shape index (κ1) is 14.7. The van der Waals surface area contributed by atoms with E-state index in [0.717, 1.165) is 17.5 Å². The topological polar surface area (TPSA) is 72.5 Å². The zero-order chi connectivity index (χ0) is 13.8. The number of hydrogen-bond donors (Lipinski definition) is 2. The zero-order valence-corrected chi connectivity index (χ0v) is 11.1. The van der Waals surface area contributed by atoms with Crippen LogP contribution >= 0.6 is 0 Å². The number of ether oxygens (including phenoxy) is 1. The minimum Gasteiger partial charge on any atom is -0.481 e. The number of rotatable bonds is 6. The summed E-state index contributed by atoms with van der Waals surface area (Å²) in [5.74, 6) is -0.882. The maximum atomic E-state index is 10.6. The molecule has 0 fully saturated rings. The number of carboxylic acid groups (broad SMARTS) is 1. The largest absolute Gasteiger partial charge is 0.481 e. The molecule has 1 rings (SSSR count). The summed E-state index contributed by atoms with van der Waals surface area (Å²) in [7, 11) is 1.69. The van der Waals surface area contributed by atoms with Gasteiger partial charge in [-0.1, -0.05) is 24.3 Å². The quantitative estimate of drug-likeness (QED) is 0.812. The van der Waals surface area contributed by atoms with Crippen LogP contribution in [0.2, 0.25) is 0 Å². The molecule has 1 unspecified atom stereocenters. The molecule has 0 aliphatic heterocycles. The van der Waals surface area contributed by atoms with Gasteiger partial charge in [0.15, 0.2) is 0 Å². The zero-order valence-electron chi connectivity index (χ0n) is 11.1. The Bertz CT molecular complexity index is 398. The fourth-order valence-electron chi connectivity index (χ4n) is 1.75. The summed E-state index contributed by atoms with van der Waals surface area (Å²) in [5, 5.41) is 8.69. The molecule has 0 aliphatic rings. The molecule has 100 valence electrons. The van der Waals surface area contributed by atoms with Crippen molar-refractivity contribution in [2.45, 2.75) is 38.3 Å². The highest BCUT2D eigenvalue weighted by Crippen LogP contribution is 2.19. The van der Waals surface area contributed by atoms with Gasteiger partial charge in [-0.05, 0) is 25.0 Å². The van der Waals surface area contributed by atoms with Gasteiger partial charge < -0.3 is 15.6 Å². The molecule has 0 bridgehead atoms. The number of benzene rings is 1. The van der Waals surface area contributed by atoms with Crippen molar-refractivity contribution in [3.63, 3.8) is 0 Å². The molecule has 0 amide bonds. The Hall–Kier alpha value is -1.39. The van der Waals surface area contributed by atoms with Crippen LogP contribution in [0.15, 0.2) is 24.3 Å². The van der Waals surface area contributed by atoms with Crippen molar-refractivity contribution in [3.05, 3.63) is 35.4 Å². The van der Waals surface area contributed by atoms with Crippen LogP contribution < -0.4 is 5.73 Å². The average Bonchev–Trinajstić information content (AvgIpc) is 2.28. The van der Waals surface area contributed by atoms with Gasteiger partial charge in [0, 0.05) is 19.6 Å². The number of carbonyl (C=O) groups is 1. The highest BCUT2D eigenvalue weighted by atomic mass is 16.5. The lowest BCUT2D eigenvalue weighted by Crippen LogP contribution is -2.25. The van der Waals surface area contributed by atoms with E-state index in [1.54, 1.807) is 7.11 Å². The Labute approximate surface area is 108 Å². The second kappa shape index (κ2) is 5.98. The van der Waals surface area contributed by atoms with Crippen LogP contribution in [0.5, 0.6) is 0 Å². The van der Waals surface area contributed by atoms with Gasteiger partial charge in [0.05, 0.1) is 12.0 Å². The van der Waals surface area contributed by atoms with Crippen molar-refractivity contribution in [3.8, 4) is 0 Å². The Morgan fingerprint density at radius 2 is 1.94 bits per heavy atom. The molecule has 1 aromatic rings. The summed E-state index contributed by atoms with van der Waals surface area (Å²) in [6.07, 6.45) is 0.751. The van der Waals surface area contributed by atoms with Gasteiger partial charge in [-0.15, -0.1) is 0 Å². The fourth-order valence-corrected chi connectivity index (χ4v) is 1.75. The molecule has 0 aromatic heterocycles. The first-order valence-electron chi connectivity index (χ1n) is 5.95. The average molecular weight is 251 g/mol.